The van der Waals surface area contributed by atoms with Crippen LogP contribution in [0.15, 0.2) is 0 Å². The lowest BCUT2D eigenvalue weighted by molar-refractivity contribution is -0.148. The second-order valence-corrected chi connectivity index (χ2v) is 68.4. The molecule has 0 unspecified atom stereocenters. The Kier molecular flexibility index (Phi) is 36.7. The van der Waals surface area contributed by atoms with Gasteiger partial charge in [0.05, 0.1) is 33.6 Å². The van der Waals surface area contributed by atoms with Crippen molar-refractivity contribution >= 4 is 0 Å². The standard InChI is InChI=1S/C29H52O.C28H48O2.3C28H50O.CH4/c1-20(9-8-15-26(2,3)4)23-12-13-24-22-11-10-21-19-27(5,30)17-18-28(21,6)25(22)14-16-29(23,24)7;1-19(6-5-12-28(30)16-17-28)22-9-10-23-21-8-7-20-18-25(2,29)14-15-26(20,3)24(21)11-13-27(22,23)4;3*1-19(2)8-7-9-20(3)23-12-13-24-22-11-10-21-18-26(4,29)16-17-27(21,5)25(22)14-15-28(23,24)6;/h20-25,30H,8-19H2,1-7H3;19-24,29-30H,5-18H2,1-4H3;3*19-25,29H,7-18H2,1-6H3;1H4/t20-,21+,22+,23-,24+,25+,27+,28+,29-;19-,20+,21+,22-,23+,24+,25+,26+,27-;3*20-,21+,22+,23-,24+,25+,26+,27+,28-;/m11111./s1. The number of hydrogen-bond acceptors (Lipinski definition) is 6. The average molecular weight is 2060 g/mol. The van der Waals surface area contributed by atoms with E-state index in [1.807, 2.05) is 0 Å². The Hall–Kier alpha value is -0.240. The zero-order chi connectivity index (χ0) is 106. The topological polar surface area (TPSA) is 121 Å². The van der Waals surface area contributed by atoms with Gasteiger partial charge < -0.3 is 30.6 Å². The van der Waals surface area contributed by atoms with Gasteiger partial charge in [-0.05, 0) is 604 Å². The van der Waals surface area contributed by atoms with Gasteiger partial charge in [-0.2, -0.15) is 0 Å². The zero-order valence-corrected chi connectivity index (χ0v) is 103. The van der Waals surface area contributed by atoms with Crippen molar-refractivity contribution in [1.29, 1.82) is 0 Å². The molecule has 6 heteroatoms. The SMILES string of the molecule is C.CC(C)CCC[C@@H](C)[C@H]1CC[C@H]2[C@@H]3CC[C@H]4C[C@@](C)(O)CC[C@]4(C)[C@H]3CC[C@]12C.CC(C)CCC[C@@H](C)[C@H]1CC[C@H]2[C@@H]3CC[C@H]4C[C@@](C)(O)CC[C@]4(C)[C@H]3CC[C@]12C.CC(C)CCC[C@@H](C)[C@H]1CC[C@H]2[C@@H]3CC[C@H]4C[C@@](C)(O)CC[C@]4(C)[C@H]3CC[C@]12C.C[C@H](CCCC(C)(C)C)[C@H]1CC[C@H]2[C@@H]3CC[C@H]4C[C@@](C)(O)CC[C@]4(C)[C@H]3CC[C@]12C.C[C@H](CCCC1(O)CC1)[C@H]1CC[C@H]2[C@@H]3CC[C@H]4C[C@@](C)(O)CC[C@]4(C)[C@H]3CC[C@]12C. The molecule has 0 saturated heterocycles. The third-order valence-corrected chi connectivity index (χ3v) is 56.6. The molecule has 148 heavy (non-hydrogen) atoms. The van der Waals surface area contributed by atoms with Crippen LogP contribution in [0.3, 0.4) is 0 Å². The maximum absolute atomic E-state index is 10.7. The Morgan fingerprint density at radius 2 is 0.392 bits per heavy atom. The van der Waals surface area contributed by atoms with Gasteiger partial charge in [0.2, 0.25) is 0 Å². The molecule has 6 N–H and O–H groups in total. The van der Waals surface area contributed by atoms with Crippen molar-refractivity contribution in [3.05, 3.63) is 0 Å². The van der Waals surface area contributed by atoms with Crippen LogP contribution in [-0.4, -0.2) is 64.2 Å². The lowest BCUT2D eigenvalue weighted by Crippen LogP contribution is -2.55. The van der Waals surface area contributed by atoms with Gasteiger partial charge >= 0.3 is 0 Å². The highest BCUT2D eigenvalue weighted by Gasteiger charge is 2.69. The number of hydrogen-bond donors (Lipinski definition) is 6. The van der Waals surface area contributed by atoms with E-state index in [1.54, 1.807) is 0 Å². The fraction of sp³-hybridized carbons (Fsp3) is 1.00. The van der Waals surface area contributed by atoms with E-state index >= 15 is 0 Å². The summed E-state index contributed by atoms with van der Waals surface area (Å²) in [5.41, 5.74) is 3.71. The predicted octanol–water partition coefficient (Wildman–Crippen LogP) is 39.2. The van der Waals surface area contributed by atoms with E-state index < -0.39 is 28.0 Å². The van der Waals surface area contributed by atoms with E-state index in [2.05, 4.69) is 201 Å². The number of aliphatic hydroxyl groups is 6. The van der Waals surface area contributed by atoms with E-state index in [1.165, 1.54) is 315 Å². The minimum atomic E-state index is -0.415. The van der Waals surface area contributed by atoms with Gasteiger partial charge in [-0.25, -0.2) is 0 Å². The molecule has 0 aromatic heterocycles. The molecule has 0 spiro atoms. The van der Waals surface area contributed by atoms with Crippen LogP contribution >= 0.6 is 0 Å². The Morgan fingerprint density at radius 1 is 0.203 bits per heavy atom. The molecule has 0 radical (unpaired) electrons. The van der Waals surface area contributed by atoms with Crippen LogP contribution in [0.4, 0.5) is 0 Å². The molecule has 0 amide bonds. The lowest BCUT2D eigenvalue weighted by atomic mass is 9.43. The molecule has 0 heterocycles. The minimum Gasteiger partial charge on any atom is -0.390 e. The summed E-state index contributed by atoms with van der Waals surface area (Å²) in [6.45, 7) is 71.5. The van der Waals surface area contributed by atoms with Gasteiger partial charge in [-0.1, -0.05) is 257 Å². The normalized spacial score (nSPS) is 50.6. The summed E-state index contributed by atoms with van der Waals surface area (Å²) in [7, 11) is 0. The van der Waals surface area contributed by atoms with Crippen LogP contribution < -0.4 is 0 Å². The van der Waals surface area contributed by atoms with Crippen molar-refractivity contribution in [2.24, 2.45) is 255 Å². The molecule has 6 nitrogen and oxygen atoms in total. The summed E-state index contributed by atoms with van der Waals surface area (Å²) in [5, 5.41) is 63.8. The summed E-state index contributed by atoms with van der Waals surface area (Å²) in [6.07, 6.45) is 83.3. The van der Waals surface area contributed by atoms with E-state index in [0.717, 1.165) is 279 Å². The van der Waals surface area contributed by atoms with Crippen molar-refractivity contribution in [3.8, 4) is 0 Å². The highest BCUT2D eigenvalue weighted by Crippen LogP contribution is 2.77. The fourth-order valence-corrected chi connectivity index (χ4v) is 47.7. The third kappa shape index (κ3) is 24.0. The molecule has 858 valence electrons. The smallest absolute Gasteiger partial charge is 0.0650 e. The Bertz CT molecular complexity index is 3880. The predicted molar refractivity (Wildman–Crippen MR) is 629 cm³/mol. The van der Waals surface area contributed by atoms with Crippen molar-refractivity contribution < 1.29 is 30.6 Å². The van der Waals surface area contributed by atoms with Crippen LogP contribution in [0, 0.1) is 255 Å². The average Bonchev–Trinajstić information content (AvgIpc) is 1.45. The summed E-state index contributed by atoms with van der Waals surface area (Å²) in [5.74, 6) is 30.0. The van der Waals surface area contributed by atoms with E-state index in [4.69, 9.17) is 0 Å². The first kappa shape index (κ1) is 120. The van der Waals surface area contributed by atoms with Gasteiger partial charge in [0.1, 0.15) is 0 Å². The molecule has 45 atom stereocenters. The van der Waals surface area contributed by atoms with Gasteiger partial charge in [0.15, 0.2) is 0 Å². The van der Waals surface area contributed by atoms with Crippen LogP contribution in [0.2, 0.25) is 0 Å². The van der Waals surface area contributed by atoms with Gasteiger partial charge in [-0.3, -0.25) is 0 Å². The molecule has 21 rings (SSSR count). The highest BCUT2D eigenvalue weighted by molar-refractivity contribution is 5.19. The third-order valence-electron chi connectivity index (χ3n) is 56.6. The second-order valence-electron chi connectivity index (χ2n) is 68.4. The van der Waals surface area contributed by atoms with E-state index in [9.17, 15) is 30.6 Å². The maximum atomic E-state index is 10.7. The molecule has 21 fully saturated rings. The Labute approximate surface area is 919 Å². The van der Waals surface area contributed by atoms with Gasteiger partial charge in [0, 0.05) is 0 Å². The van der Waals surface area contributed by atoms with E-state index in [-0.39, 0.29) is 13.0 Å². The molecular formula is C142H254O6. The van der Waals surface area contributed by atoms with Gasteiger partial charge in [0.25, 0.3) is 0 Å². The molecule has 21 aliphatic rings. The molecule has 21 aliphatic carbocycles. The summed E-state index contributed by atoms with van der Waals surface area (Å²) in [6, 6.07) is 0. The monoisotopic (exact) mass is 2060 g/mol. The van der Waals surface area contributed by atoms with Crippen molar-refractivity contribution in [2.45, 2.75) is 640 Å². The summed E-state index contributed by atoms with van der Waals surface area (Å²) < 4.78 is 0. The Balaban J connectivity index is 0.000000132. The molecule has 0 aliphatic heterocycles. The first-order valence-corrected chi connectivity index (χ1v) is 67.0. The lowest BCUT2D eigenvalue weighted by Gasteiger charge is -2.62. The number of rotatable bonds is 24. The summed E-state index contributed by atoms with van der Waals surface area (Å²) >= 11 is 0. The molecule has 0 aromatic carbocycles. The van der Waals surface area contributed by atoms with Gasteiger partial charge in [-0.15, -0.1) is 0 Å². The molecular weight excluding hydrogens is 1800 g/mol. The highest BCUT2D eigenvalue weighted by atomic mass is 16.3. The summed E-state index contributed by atoms with van der Waals surface area (Å²) in [4.78, 5) is 0. The molecule has 0 aromatic rings. The first-order valence-electron chi connectivity index (χ1n) is 67.0. The van der Waals surface area contributed by atoms with Crippen LogP contribution in [0.25, 0.3) is 0 Å². The van der Waals surface area contributed by atoms with E-state index in [0.29, 0.717) is 59.6 Å². The van der Waals surface area contributed by atoms with Crippen molar-refractivity contribution in [3.63, 3.8) is 0 Å². The van der Waals surface area contributed by atoms with Crippen molar-refractivity contribution in [2.75, 3.05) is 0 Å². The fourth-order valence-electron chi connectivity index (χ4n) is 47.7. The second kappa shape index (κ2) is 45.2. The molecule has 21 saturated carbocycles. The van der Waals surface area contributed by atoms with Crippen molar-refractivity contribution in [1.82, 2.24) is 0 Å². The van der Waals surface area contributed by atoms with Crippen LogP contribution in [0.5, 0.6) is 0 Å². The van der Waals surface area contributed by atoms with Crippen LogP contribution in [0.1, 0.15) is 606 Å². The number of fused-ring (bicyclic) bond motifs is 25. The van der Waals surface area contributed by atoms with Crippen LogP contribution in [-0.2, 0) is 0 Å². The first-order chi connectivity index (χ1) is 68.6. The minimum absolute atomic E-state index is 0. The molecule has 0 bridgehead atoms. The zero-order valence-electron chi connectivity index (χ0n) is 103. The quantitative estimate of drug-likeness (QED) is 0.0573. The Morgan fingerprint density at radius 3 is 0.581 bits per heavy atom. The largest absolute Gasteiger partial charge is 0.390 e. The maximum Gasteiger partial charge on any atom is 0.0650 e.